The van der Waals surface area contributed by atoms with Crippen LogP contribution in [0.4, 0.5) is 5.82 Å². The lowest BCUT2D eigenvalue weighted by Gasteiger charge is -2.35. The third-order valence-corrected chi connectivity index (χ3v) is 4.21. The molecule has 2 fully saturated rings. The Morgan fingerprint density at radius 1 is 1.30 bits per heavy atom. The highest BCUT2D eigenvalue weighted by Gasteiger charge is 2.22. The second kappa shape index (κ2) is 6.99. The number of anilines is 1. The van der Waals surface area contributed by atoms with E-state index in [4.69, 9.17) is 4.74 Å². The van der Waals surface area contributed by atoms with E-state index in [0.29, 0.717) is 12.1 Å². The molecule has 20 heavy (non-hydrogen) atoms. The van der Waals surface area contributed by atoms with E-state index >= 15 is 0 Å². The van der Waals surface area contributed by atoms with Crippen LogP contribution in [-0.4, -0.2) is 48.6 Å². The first-order valence-electron chi connectivity index (χ1n) is 7.79. The van der Waals surface area contributed by atoms with Crippen molar-refractivity contribution in [2.24, 2.45) is 0 Å². The lowest BCUT2D eigenvalue weighted by Crippen LogP contribution is -2.48. The molecule has 0 spiro atoms. The molecule has 0 amide bonds. The van der Waals surface area contributed by atoms with Gasteiger partial charge in [-0.25, -0.2) is 0 Å². The zero-order valence-electron chi connectivity index (χ0n) is 12.0. The number of nitrogens with zero attached hydrogens (tertiary/aromatic N) is 3. The van der Waals surface area contributed by atoms with Crippen molar-refractivity contribution in [2.45, 2.75) is 44.2 Å². The highest BCUT2D eigenvalue weighted by molar-refractivity contribution is 5.37. The Morgan fingerprint density at radius 2 is 2.30 bits per heavy atom. The van der Waals surface area contributed by atoms with Crippen molar-refractivity contribution in [3.63, 3.8) is 0 Å². The molecule has 0 aliphatic carbocycles. The van der Waals surface area contributed by atoms with Gasteiger partial charge in [-0.2, -0.15) is 5.10 Å². The van der Waals surface area contributed by atoms with Gasteiger partial charge < -0.3 is 15.0 Å². The van der Waals surface area contributed by atoms with Crippen molar-refractivity contribution in [3.8, 4) is 0 Å². The van der Waals surface area contributed by atoms with Crippen LogP contribution in [0.25, 0.3) is 0 Å². The summed E-state index contributed by atoms with van der Waals surface area (Å²) in [6.45, 7) is 4.02. The zero-order chi connectivity index (χ0) is 13.6. The standard InChI is InChI=1S/C15H24N4O/c1-2-10-20-14(6-1)11-16-13-5-4-9-19(12-13)15-7-3-8-17-18-15/h3,7-8,13-14,16H,1-2,4-6,9-12H2/t13-,14-/m1/s1. The van der Waals surface area contributed by atoms with Crippen LogP contribution in [0.1, 0.15) is 32.1 Å². The van der Waals surface area contributed by atoms with Crippen LogP contribution >= 0.6 is 0 Å². The minimum Gasteiger partial charge on any atom is -0.377 e. The van der Waals surface area contributed by atoms with Gasteiger partial charge in [0.25, 0.3) is 0 Å². The van der Waals surface area contributed by atoms with Gasteiger partial charge in [0.1, 0.15) is 0 Å². The molecule has 0 unspecified atom stereocenters. The van der Waals surface area contributed by atoms with E-state index < -0.39 is 0 Å². The van der Waals surface area contributed by atoms with Crippen molar-refractivity contribution in [1.29, 1.82) is 0 Å². The smallest absolute Gasteiger partial charge is 0.151 e. The molecule has 0 bridgehead atoms. The second-order valence-electron chi connectivity index (χ2n) is 5.76. The van der Waals surface area contributed by atoms with Crippen LogP contribution in [0.5, 0.6) is 0 Å². The van der Waals surface area contributed by atoms with Crippen LogP contribution in [0.15, 0.2) is 18.3 Å². The molecule has 3 rings (SSSR count). The van der Waals surface area contributed by atoms with Gasteiger partial charge in [0.2, 0.25) is 0 Å². The van der Waals surface area contributed by atoms with Gasteiger partial charge in [-0.15, -0.1) is 5.10 Å². The van der Waals surface area contributed by atoms with Crippen molar-refractivity contribution in [1.82, 2.24) is 15.5 Å². The molecule has 2 aliphatic heterocycles. The molecular weight excluding hydrogens is 252 g/mol. The fraction of sp³-hybridized carbons (Fsp3) is 0.733. The highest BCUT2D eigenvalue weighted by atomic mass is 16.5. The van der Waals surface area contributed by atoms with Gasteiger partial charge in [-0.05, 0) is 44.2 Å². The van der Waals surface area contributed by atoms with E-state index in [1.54, 1.807) is 6.20 Å². The van der Waals surface area contributed by atoms with Crippen molar-refractivity contribution in [3.05, 3.63) is 18.3 Å². The fourth-order valence-electron chi connectivity index (χ4n) is 3.08. The molecule has 2 aliphatic rings. The lowest BCUT2D eigenvalue weighted by atomic mass is 10.0. The summed E-state index contributed by atoms with van der Waals surface area (Å²) >= 11 is 0. The van der Waals surface area contributed by atoms with E-state index in [9.17, 15) is 0 Å². The predicted molar refractivity (Wildman–Crippen MR) is 78.9 cm³/mol. The van der Waals surface area contributed by atoms with Crippen LogP contribution in [0, 0.1) is 0 Å². The number of aromatic nitrogens is 2. The Bertz CT molecular complexity index is 394. The third-order valence-electron chi connectivity index (χ3n) is 4.21. The molecule has 5 heteroatoms. The first-order chi connectivity index (χ1) is 9.92. The summed E-state index contributed by atoms with van der Waals surface area (Å²) in [4.78, 5) is 2.33. The minimum atomic E-state index is 0.413. The number of rotatable bonds is 4. The molecule has 2 saturated heterocycles. The van der Waals surface area contributed by atoms with Crippen LogP contribution in [0.3, 0.4) is 0 Å². The topological polar surface area (TPSA) is 50.3 Å². The summed E-state index contributed by atoms with van der Waals surface area (Å²) < 4.78 is 5.78. The summed E-state index contributed by atoms with van der Waals surface area (Å²) in [7, 11) is 0. The van der Waals surface area contributed by atoms with Crippen molar-refractivity contribution < 1.29 is 4.74 Å². The molecule has 1 aromatic heterocycles. The average molecular weight is 276 g/mol. The van der Waals surface area contributed by atoms with E-state index in [-0.39, 0.29) is 0 Å². The van der Waals surface area contributed by atoms with E-state index in [2.05, 4.69) is 20.4 Å². The first kappa shape index (κ1) is 13.8. The maximum Gasteiger partial charge on any atom is 0.151 e. The fourth-order valence-corrected chi connectivity index (χ4v) is 3.08. The molecule has 1 aromatic rings. The number of nitrogens with one attached hydrogen (secondary N) is 1. The van der Waals surface area contributed by atoms with E-state index in [1.165, 1.54) is 32.1 Å². The van der Waals surface area contributed by atoms with Gasteiger partial charge >= 0.3 is 0 Å². The molecule has 5 nitrogen and oxygen atoms in total. The minimum absolute atomic E-state index is 0.413. The average Bonchev–Trinajstić information content (AvgIpc) is 2.55. The Balaban J connectivity index is 1.48. The lowest BCUT2D eigenvalue weighted by molar-refractivity contribution is 0.0151. The SMILES string of the molecule is c1cnnc(N2CCC[C@@H](NC[C@H]3CCCCO3)C2)c1. The van der Waals surface area contributed by atoms with E-state index in [1.807, 2.05) is 12.1 Å². The van der Waals surface area contributed by atoms with Crippen molar-refractivity contribution in [2.75, 3.05) is 31.1 Å². The summed E-state index contributed by atoms with van der Waals surface area (Å²) in [6.07, 6.45) is 8.32. The first-order valence-corrected chi connectivity index (χ1v) is 7.79. The molecule has 0 radical (unpaired) electrons. The summed E-state index contributed by atoms with van der Waals surface area (Å²) in [6, 6.07) is 4.53. The largest absolute Gasteiger partial charge is 0.377 e. The Kier molecular flexibility index (Phi) is 4.82. The molecule has 110 valence electrons. The zero-order valence-corrected chi connectivity index (χ0v) is 12.0. The molecule has 0 aromatic carbocycles. The van der Waals surface area contributed by atoms with Crippen LogP contribution < -0.4 is 10.2 Å². The summed E-state index contributed by atoms with van der Waals surface area (Å²) in [5.41, 5.74) is 0. The molecular formula is C15H24N4O. The Labute approximate surface area is 120 Å². The van der Waals surface area contributed by atoms with Gasteiger partial charge in [0.05, 0.1) is 6.10 Å². The molecule has 0 saturated carbocycles. The maximum atomic E-state index is 5.78. The van der Waals surface area contributed by atoms with Crippen LogP contribution in [-0.2, 0) is 4.74 Å². The summed E-state index contributed by atoms with van der Waals surface area (Å²) in [5, 5.41) is 11.9. The van der Waals surface area contributed by atoms with Crippen LogP contribution in [0.2, 0.25) is 0 Å². The molecule has 3 heterocycles. The number of hydrogen-bond acceptors (Lipinski definition) is 5. The van der Waals surface area contributed by atoms with E-state index in [0.717, 1.165) is 32.1 Å². The maximum absolute atomic E-state index is 5.78. The Morgan fingerprint density at radius 3 is 3.10 bits per heavy atom. The van der Waals surface area contributed by atoms with Gasteiger partial charge in [-0.3, -0.25) is 0 Å². The second-order valence-corrected chi connectivity index (χ2v) is 5.76. The third kappa shape index (κ3) is 3.67. The Hall–Kier alpha value is -1.20. The van der Waals surface area contributed by atoms with Gasteiger partial charge in [0, 0.05) is 38.5 Å². The monoisotopic (exact) mass is 276 g/mol. The quantitative estimate of drug-likeness (QED) is 0.905. The van der Waals surface area contributed by atoms with Gasteiger partial charge in [-0.1, -0.05) is 0 Å². The van der Waals surface area contributed by atoms with Gasteiger partial charge in [0.15, 0.2) is 5.82 Å². The normalized spacial score (nSPS) is 27.5. The molecule has 1 N–H and O–H groups in total. The summed E-state index contributed by atoms with van der Waals surface area (Å²) in [5.74, 6) is 0.993. The molecule has 2 atom stereocenters. The predicted octanol–water partition coefficient (Wildman–Crippen LogP) is 1.60. The number of piperidine rings is 1. The highest BCUT2D eigenvalue weighted by Crippen LogP contribution is 2.17. The number of hydrogen-bond donors (Lipinski definition) is 1. The number of ether oxygens (including phenoxy) is 1. The van der Waals surface area contributed by atoms with Crippen molar-refractivity contribution >= 4 is 5.82 Å².